The first-order valence-corrected chi connectivity index (χ1v) is 5.34. The highest BCUT2D eigenvalue weighted by atomic mass is 35.5. The normalized spacial score (nSPS) is 25.3. The molecule has 1 nitrogen and oxygen atoms in total. The topological polar surface area (TPSA) is 3.24 Å². The molecular formula is C9H15ClF3N. The van der Waals surface area contributed by atoms with Crippen LogP contribution in [0.25, 0.3) is 0 Å². The largest absolute Gasteiger partial charge is 0.389 e. The number of nitrogens with zero attached hydrogens (tertiary/aromatic N) is 1. The van der Waals surface area contributed by atoms with Crippen molar-refractivity contribution < 1.29 is 13.2 Å². The molecule has 1 unspecified atom stereocenters. The lowest BCUT2D eigenvalue weighted by Crippen LogP contribution is -2.36. The Labute approximate surface area is 87.2 Å². The first-order chi connectivity index (χ1) is 6.47. The Balaban J connectivity index is 2.12. The third-order valence-corrected chi connectivity index (χ3v) is 2.74. The van der Waals surface area contributed by atoms with Crippen LogP contribution < -0.4 is 0 Å². The van der Waals surface area contributed by atoms with Crippen molar-refractivity contribution in [2.45, 2.75) is 37.2 Å². The van der Waals surface area contributed by atoms with Crippen molar-refractivity contribution in [2.24, 2.45) is 0 Å². The molecule has 0 aromatic heterocycles. The van der Waals surface area contributed by atoms with Crippen molar-refractivity contribution in [1.82, 2.24) is 4.90 Å². The maximum atomic E-state index is 11.8. The van der Waals surface area contributed by atoms with Crippen molar-refractivity contribution >= 4 is 11.6 Å². The molecule has 0 aliphatic carbocycles. The van der Waals surface area contributed by atoms with Gasteiger partial charge in [0.25, 0.3) is 0 Å². The Morgan fingerprint density at radius 3 is 2.64 bits per heavy atom. The summed E-state index contributed by atoms with van der Waals surface area (Å²) in [7, 11) is 0. The number of hydrogen-bond donors (Lipinski definition) is 0. The second-order valence-electron chi connectivity index (χ2n) is 3.76. The smallest absolute Gasteiger partial charge is 0.302 e. The second-order valence-corrected chi connectivity index (χ2v) is 4.38. The van der Waals surface area contributed by atoms with Gasteiger partial charge in [-0.3, -0.25) is 0 Å². The number of likely N-dealkylation sites (tertiary alicyclic amines) is 1. The first kappa shape index (κ1) is 12.1. The summed E-state index contributed by atoms with van der Waals surface area (Å²) in [5.74, 6) is 0. The van der Waals surface area contributed by atoms with Crippen LogP contribution in [0.3, 0.4) is 0 Å². The lowest BCUT2D eigenvalue weighted by Gasteiger charge is -2.29. The van der Waals surface area contributed by atoms with Gasteiger partial charge in [-0.1, -0.05) is 0 Å². The summed E-state index contributed by atoms with van der Waals surface area (Å²) in [4.78, 5) is 2.02. The summed E-state index contributed by atoms with van der Waals surface area (Å²) < 4.78 is 35.5. The van der Waals surface area contributed by atoms with Gasteiger partial charge in [-0.2, -0.15) is 13.2 Å². The molecule has 1 heterocycles. The van der Waals surface area contributed by atoms with Gasteiger partial charge in [-0.15, -0.1) is 11.6 Å². The zero-order valence-corrected chi connectivity index (χ0v) is 8.74. The molecule has 1 atom stereocenters. The summed E-state index contributed by atoms with van der Waals surface area (Å²) >= 11 is 5.92. The summed E-state index contributed by atoms with van der Waals surface area (Å²) in [6, 6.07) is 0. The van der Waals surface area contributed by atoms with Crippen molar-refractivity contribution in [3.63, 3.8) is 0 Å². The van der Waals surface area contributed by atoms with E-state index in [1.54, 1.807) is 0 Å². The van der Waals surface area contributed by atoms with Crippen molar-refractivity contribution in [3.8, 4) is 0 Å². The molecule has 1 aliphatic heterocycles. The zero-order valence-electron chi connectivity index (χ0n) is 7.99. The predicted octanol–water partition coefficient (Wildman–Crippen LogP) is 3.03. The van der Waals surface area contributed by atoms with Crippen LogP contribution in [0.4, 0.5) is 13.2 Å². The van der Waals surface area contributed by atoms with Crippen LogP contribution in [0.1, 0.15) is 25.7 Å². The van der Waals surface area contributed by atoms with E-state index >= 15 is 0 Å². The van der Waals surface area contributed by atoms with Crippen LogP contribution in [0.15, 0.2) is 0 Å². The van der Waals surface area contributed by atoms with E-state index in [2.05, 4.69) is 0 Å². The standard InChI is InChI=1S/C9H15ClF3N/c10-8-3-1-5-14(7-8)6-2-4-9(11,12)13/h8H,1-7H2. The number of piperidine rings is 1. The molecule has 14 heavy (non-hydrogen) atoms. The summed E-state index contributed by atoms with van der Waals surface area (Å²) in [6.07, 6.45) is -2.53. The lowest BCUT2D eigenvalue weighted by atomic mass is 10.1. The average Bonchev–Trinajstić information content (AvgIpc) is 2.01. The number of hydrogen-bond acceptors (Lipinski definition) is 1. The van der Waals surface area contributed by atoms with E-state index in [0.29, 0.717) is 6.54 Å². The highest BCUT2D eigenvalue weighted by Gasteiger charge is 2.27. The van der Waals surface area contributed by atoms with Gasteiger partial charge in [-0.05, 0) is 32.4 Å². The van der Waals surface area contributed by atoms with Gasteiger partial charge in [0, 0.05) is 18.3 Å². The van der Waals surface area contributed by atoms with Gasteiger partial charge in [0.1, 0.15) is 0 Å². The van der Waals surface area contributed by atoms with Gasteiger partial charge in [0.15, 0.2) is 0 Å². The molecule has 1 fully saturated rings. The number of rotatable bonds is 3. The van der Waals surface area contributed by atoms with Gasteiger partial charge < -0.3 is 4.90 Å². The average molecular weight is 230 g/mol. The number of halogens is 4. The Hall–Kier alpha value is 0.0400. The van der Waals surface area contributed by atoms with Gasteiger partial charge in [0.2, 0.25) is 0 Å². The minimum absolute atomic E-state index is 0.120. The van der Waals surface area contributed by atoms with E-state index in [1.165, 1.54) is 0 Å². The van der Waals surface area contributed by atoms with Crippen molar-refractivity contribution in [3.05, 3.63) is 0 Å². The quantitative estimate of drug-likeness (QED) is 0.673. The monoisotopic (exact) mass is 229 g/mol. The van der Waals surface area contributed by atoms with E-state index in [1.807, 2.05) is 4.90 Å². The third kappa shape index (κ3) is 5.05. The molecular weight excluding hydrogens is 215 g/mol. The maximum Gasteiger partial charge on any atom is 0.389 e. The maximum absolute atomic E-state index is 11.8. The Morgan fingerprint density at radius 2 is 2.07 bits per heavy atom. The molecule has 0 amide bonds. The summed E-state index contributed by atoms with van der Waals surface area (Å²) in [5.41, 5.74) is 0. The first-order valence-electron chi connectivity index (χ1n) is 4.90. The lowest BCUT2D eigenvalue weighted by molar-refractivity contribution is -0.136. The minimum Gasteiger partial charge on any atom is -0.302 e. The van der Waals surface area contributed by atoms with Gasteiger partial charge >= 0.3 is 6.18 Å². The Morgan fingerprint density at radius 1 is 1.36 bits per heavy atom. The highest BCUT2D eigenvalue weighted by molar-refractivity contribution is 6.20. The number of alkyl halides is 4. The fourth-order valence-corrected chi connectivity index (χ4v) is 2.05. The third-order valence-electron chi connectivity index (χ3n) is 2.38. The van der Waals surface area contributed by atoms with Crippen molar-refractivity contribution in [1.29, 1.82) is 0 Å². The molecule has 1 aliphatic rings. The fraction of sp³-hybridized carbons (Fsp3) is 1.00. The van der Waals surface area contributed by atoms with Gasteiger partial charge in [-0.25, -0.2) is 0 Å². The van der Waals surface area contributed by atoms with Crippen LogP contribution >= 0.6 is 11.6 Å². The molecule has 0 aromatic carbocycles. The van der Waals surface area contributed by atoms with Crippen LogP contribution in [-0.2, 0) is 0 Å². The van der Waals surface area contributed by atoms with Crippen molar-refractivity contribution in [2.75, 3.05) is 19.6 Å². The van der Waals surface area contributed by atoms with E-state index in [4.69, 9.17) is 11.6 Å². The molecule has 0 bridgehead atoms. The molecule has 0 spiro atoms. The molecule has 0 aromatic rings. The van der Waals surface area contributed by atoms with E-state index in [9.17, 15) is 13.2 Å². The SMILES string of the molecule is FC(F)(F)CCCN1CCCC(Cl)C1. The predicted molar refractivity (Wildman–Crippen MR) is 50.6 cm³/mol. The Bertz CT molecular complexity index is 172. The summed E-state index contributed by atoms with van der Waals surface area (Å²) in [5, 5.41) is 0.120. The molecule has 0 saturated carbocycles. The van der Waals surface area contributed by atoms with Crippen LogP contribution in [0.2, 0.25) is 0 Å². The Kier molecular flexibility index (Phi) is 4.51. The van der Waals surface area contributed by atoms with E-state index < -0.39 is 12.6 Å². The van der Waals surface area contributed by atoms with E-state index in [-0.39, 0.29) is 11.8 Å². The molecule has 84 valence electrons. The van der Waals surface area contributed by atoms with Crippen LogP contribution in [0, 0.1) is 0 Å². The zero-order chi connectivity index (χ0) is 10.6. The molecule has 1 rings (SSSR count). The minimum atomic E-state index is -4.02. The fourth-order valence-electron chi connectivity index (χ4n) is 1.71. The second kappa shape index (κ2) is 5.21. The van der Waals surface area contributed by atoms with Crippen LogP contribution in [-0.4, -0.2) is 36.1 Å². The molecule has 0 N–H and O–H groups in total. The summed E-state index contributed by atoms with van der Waals surface area (Å²) in [6.45, 7) is 2.14. The van der Waals surface area contributed by atoms with Crippen LogP contribution in [0.5, 0.6) is 0 Å². The van der Waals surface area contributed by atoms with Gasteiger partial charge in [0.05, 0.1) is 0 Å². The molecule has 0 radical (unpaired) electrons. The molecule has 1 saturated heterocycles. The molecule has 5 heteroatoms. The highest BCUT2D eigenvalue weighted by Crippen LogP contribution is 2.22. The van der Waals surface area contributed by atoms with E-state index in [0.717, 1.165) is 25.9 Å².